The highest BCUT2D eigenvalue weighted by atomic mass is 16.5. The van der Waals surface area contributed by atoms with Crippen LogP contribution in [0.15, 0.2) is 12.1 Å². The van der Waals surface area contributed by atoms with Crippen LogP contribution < -0.4 is 4.74 Å². The van der Waals surface area contributed by atoms with E-state index in [4.69, 9.17) is 9.84 Å². The highest BCUT2D eigenvalue weighted by Gasteiger charge is 2.08. The molecular formula is C14H22O3. The zero-order chi connectivity index (χ0) is 12.8. The predicted molar refractivity (Wildman–Crippen MR) is 68.5 cm³/mol. The highest BCUT2D eigenvalue weighted by Crippen LogP contribution is 2.24. The second-order valence-corrected chi connectivity index (χ2v) is 4.35. The topological polar surface area (TPSA) is 49.7 Å². The van der Waals surface area contributed by atoms with E-state index in [-0.39, 0.29) is 6.61 Å². The molecule has 0 spiro atoms. The molecule has 0 radical (unpaired) electrons. The molecule has 1 aromatic rings. The van der Waals surface area contributed by atoms with E-state index in [9.17, 15) is 5.11 Å². The van der Waals surface area contributed by atoms with Crippen molar-refractivity contribution < 1.29 is 14.9 Å². The summed E-state index contributed by atoms with van der Waals surface area (Å²) in [4.78, 5) is 0. The van der Waals surface area contributed by atoms with Gasteiger partial charge in [-0.15, -0.1) is 0 Å². The van der Waals surface area contributed by atoms with Crippen LogP contribution in [-0.4, -0.2) is 29.5 Å². The molecule has 3 nitrogen and oxygen atoms in total. The summed E-state index contributed by atoms with van der Waals surface area (Å²) in [5.74, 6) is 0.927. The monoisotopic (exact) mass is 238 g/mol. The van der Waals surface area contributed by atoms with E-state index in [1.165, 1.54) is 11.1 Å². The standard InChI is InChI=1S/C14H22O3/c1-4-17-14-8-10(2)12(7-11(14)3)5-6-13(16)9-15/h7-8,13,15-16H,4-6,9H2,1-3H3. The molecule has 1 rings (SSSR count). The average Bonchev–Trinajstić information content (AvgIpc) is 2.31. The Morgan fingerprint density at radius 3 is 2.53 bits per heavy atom. The van der Waals surface area contributed by atoms with Gasteiger partial charge >= 0.3 is 0 Å². The molecule has 96 valence electrons. The minimum absolute atomic E-state index is 0.172. The fourth-order valence-electron chi connectivity index (χ4n) is 1.84. The minimum atomic E-state index is -0.624. The van der Waals surface area contributed by atoms with Crippen LogP contribution in [0.1, 0.15) is 30.0 Å². The maximum atomic E-state index is 9.34. The van der Waals surface area contributed by atoms with Crippen LogP contribution in [0, 0.1) is 13.8 Å². The third kappa shape index (κ3) is 4.02. The molecule has 0 saturated heterocycles. The summed E-state index contributed by atoms with van der Waals surface area (Å²) in [7, 11) is 0. The zero-order valence-corrected chi connectivity index (χ0v) is 10.9. The summed E-state index contributed by atoms with van der Waals surface area (Å²) in [6, 6.07) is 4.14. The van der Waals surface area contributed by atoms with Crippen LogP contribution in [-0.2, 0) is 6.42 Å². The maximum absolute atomic E-state index is 9.34. The Kier molecular flexibility index (Phi) is 5.45. The van der Waals surface area contributed by atoms with E-state index < -0.39 is 6.10 Å². The van der Waals surface area contributed by atoms with Crippen LogP contribution in [0.2, 0.25) is 0 Å². The van der Waals surface area contributed by atoms with Crippen molar-refractivity contribution >= 4 is 0 Å². The number of benzene rings is 1. The third-order valence-corrected chi connectivity index (χ3v) is 2.89. The van der Waals surface area contributed by atoms with Gasteiger partial charge in [-0.05, 0) is 56.4 Å². The Bertz CT molecular complexity index is 361. The second kappa shape index (κ2) is 6.62. The van der Waals surface area contributed by atoms with Gasteiger partial charge in [-0.3, -0.25) is 0 Å². The van der Waals surface area contributed by atoms with Crippen molar-refractivity contribution in [1.29, 1.82) is 0 Å². The van der Waals surface area contributed by atoms with Crippen molar-refractivity contribution in [1.82, 2.24) is 0 Å². The Balaban J connectivity index is 2.77. The molecule has 3 heteroatoms. The summed E-state index contributed by atoms with van der Waals surface area (Å²) < 4.78 is 5.53. The Labute approximate surface area is 103 Å². The van der Waals surface area contributed by atoms with Crippen molar-refractivity contribution in [2.24, 2.45) is 0 Å². The van der Waals surface area contributed by atoms with Gasteiger partial charge < -0.3 is 14.9 Å². The molecule has 17 heavy (non-hydrogen) atoms. The largest absolute Gasteiger partial charge is 0.494 e. The average molecular weight is 238 g/mol. The van der Waals surface area contributed by atoms with E-state index in [1.54, 1.807) is 0 Å². The van der Waals surface area contributed by atoms with Gasteiger partial charge in [-0.2, -0.15) is 0 Å². The number of aliphatic hydroxyl groups is 2. The number of hydrogen-bond acceptors (Lipinski definition) is 3. The number of ether oxygens (including phenoxy) is 1. The zero-order valence-electron chi connectivity index (χ0n) is 10.9. The van der Waals surface area contributed by atoms with Gasteiger partial charge in [-0.25, -0.2) is 0 Å². The van der Waals surface area contributed by atoms with Crippen molar-refractivity contribution in [2.45, 2.75) is 39.7 Å². The molecule has 0 aliphatic heterocycles. The van der Waals surface area contributed by atoms with E-state index in [2.05, 4.69) is 6.07 Å². The van der Waals surface area contributed by atoms with Gasteiger partial charge in [0, 0.05) is 0 Å². The van der Waals surface area contributed by atoms with Gasteiger partial charge in [-0.1, -0.05) is 6.07 Å². The van der Waals surface area contributed by atoms with Gasteiger partial charge in [0.2, 0.25) is 0 Å². The smallest absolute Gasteiger partial charge is 0.122 e. The lowest BCUT2D eigenvalue weighted by Crippen LogP contribution is -2.13. The number of aliphatic hydroxyl groups excluding tert-OH is 2. The number of hydrogen-bond donors (Lipinski definition) is 2. The Morgan fingerprint density at radius 2 is 1.94 bits per heavy atom. The van der Waals surface area contributed by atoms with Crippen molar-refractivity contribution in [3.63, 3.8) is 0 Å². The lowest BCUT2D eigenvalue weighted by molar-refractivity contribution is 0.0885. The lowest BCUT2D eigenvalue weighted by Gasteiger charge is -2.13. The first-order valence-corrected chi connectivity index (χ1v) is 6.10. The van der Waals surface area contributed by atoms with Crippen molar-refractivity contribution in [3.05, 3.63) is 28.8 Å². The number of aryl methyl sites for hydroxylation is 3. The van der Waals surface area contributed by atoms with Gasteiger partial charge in [0.1, 0.15) is 5.75 Å². The quantitative estimate of drug-likeness (QED) is 0.797. The van der Waals surface area contributed by atoms with E-state index >= 15 is 0 Å². The molecule has 0 bridgehead atoms. The summed E-state index contributed by atoms with van der Waals surface area (Å²) in [5, 5.41) is 18.1. The fourth-order valence-corrected chi connectivity index (χ4v) is 1.84. The van der Waals surface area contributed by atoms with E-state index in [0.717, 1.165) is 17.7 Å². The van der Waals surface area contributed by atoms with Crippen LogP contribution in [0.25, 0.3) is 0 Å². The molecule has 0 saturated carbocycles. The fraction of sp³-hybridized carbons (Fsp3) is 0.571. The molecular weight excluding hydrogens is 216 g/mol. The second-order valence-electron chi connectivity index (χ2n) is 4.35. The Morgan fingerprint density at radius 1 is 1.24 bits per heavy atom. The highest BCUT2D eigenvalue weighted by molar-refractivity contribution is 5.41. The van der Waals surface area contributed by atoms with E-state index in [0.29, 0.717) is 13.0 Å². The first-order chi connectivity index (χ1) is 8.08. The molecule has 2 N–H and O–H groups in total. The van der Waals surface area contributed by atoms with Crippen LogP contribution in [0.5, 0.6) is 5.75 Å². The molecule has 0 aliphatic carbocycles. The first-order valence-electron chi connectivity index (χ1n) is 6.10. The minimum Gasteiger partial charge on any atom is -0.494 e. The van der Waals surface area contributed by atoms with Crippen molar-refractivity contribution in [2.75, 3.05) is 13.2 Å². The van der Waals surface area contributed by atoms with Crippen LogP contribution in [0.3, 0.4) is 0 Å². The molecule has 1 aromatic carbocycles. The summed E-state index contributed by atoms with van der Waals surface area (Å²) >= 11 is 0. The maximum Gasteiger partial charge on any atom is 0.122 e. The van der Waals surface area contributed by atoms with Crippen LogP contribution in [0.4, 0.5) is 0 Å². The first kappa shape index (κ1) is 14.0. The molecule has 0 fully saturated rings. The number of rotatable bonds is 6. The van der Waals surface area contributed by atoms with Crippen LogP contribution >= 0.6 is 0 Å². The summed E-state index contributed by atoms with van der Waals surface area (Å²) in [5.41, 5.74) is 3.49. The molecule has 0 aromatic heterocycles. The lowest BCUT2D eigenvalue weighted by atomic mass is 9.99. The van der Waals surface area contributed by atoms with Crippen molar-refractivity contribution in [3.8, 4) is 5.75 Å². The van der Waals surface area contributed by atoms with Gasteiger partial charge in [0.05, 0.1) is 19.3 Å². The molecule has 0 amide bonds. The predicted octanol–water partition coefficient (Wildman–Crippen LogP) is 1.99. The van der Waals surface area contributed by atoms with E-state index in [1.807, 2.05) is 26.8 Å². The molecule has 0 aliphatic rings. The summed E-state index contributed by atoms with van der Waals surface area (Å²) in [6.45, 7) is 6.54. The van der Waals surface area contributed by atoms with Gasteiger partial charge in [0.15, 0.2) is 0 Å². The molecule has 1 atom stereocenters. The van der Waals surface area contributed by atoms with Gasteiger partial charge in [0.25, 0.3) is 0 Å². The normalized spacial score (nSPS) is 12.5. The third-order valence-electron chi connectivity index (χ3n) is 2.89. The Hall–Kier alpha value is -1.06. The molecule has 1 unspecified atom stereocenters. The molecule has 0 heterocycles. The summed E-state index contributed by atoms with van der Waals surface area (Å²) in [6.07, 6.45) is 0.743. The SMILES string of the molecule is CCOc1cc(C)c(CCC(O)CO)cc1C.